The third kappa shape index (κ3) is 3.02. The van der Waals surface area contributed by atoms with Gasteiger partial charge in [-0.25, -0.2) is 4.98 Å². The topological polar surface area (TPSA) is 68.0 Å². The highest BCUT2D eigenvalue weighted by atomic mass is 16.2. The minimum absolute atomic E-state index is 0.110. The number of aromatic nitrogens is 1. The molecule has 1 rings (SSSR count). The molecule has 0 unspecified atom stereocenters. The van der Waals surface area contributed by atoms with Crippen LogP contribution in [0.3, 0.4) is 0 Å². The number of hydrogen-bond acceptors (Lipinski definition) is 3. The molecule has 0 atom stereocenters. The van der Waals surface area contributed by atoms with Gasteiger partial charge in [0, 0.05) is 12.7 Å². The van der Waals surface area contributed by atoms with Crippen molar-refractivity contribution < 1.29 is 4.79 Å². The Morgan fingerprint density at radius 2 is 2.20 bits per heavy atom. The Morgan fingerprint density at radius 1 is 1.53 bits per heavy atom. The summed E-state index contributed by atoms with van der Waals surface area (Å²) < 4.78 is 0. The van der Waals surface area contributed by atoms with Crippen molar-refractivity contribution in [1.29, 1.82) is 0 Å². The van der Waals surface area contributed by atoms with E-state index in [9.17, 15) is 4.79 Å². The lowest BCUT2D eigenvalue weighted by Crippen LogP contribution is -2.37. The molecular weight excluding hydrogens is 190 g/mol. The smallest absolute Gasteiger partial charge is 0.232 e. The van der Waals surface area contributed by atoms with Crippen LogP contribution in [0.4, 0.5) is 5.82 Å². The standard InChI is InChI=1S/C11H17N3O/c1-8-4-5-9(13-6-8)14-10(15)11(2,3)7-12/h4-6H,7,12H2,1-3H3,(H,13,14,15). The fourth-order valence-corrected chi connectivity index (χ4v) is 0.920. The first-order valence-electron chi connectivity index (χ1n) is 4.90. The van der Waals surface area contributed by atoms with Crippen LogP contribution in [0.5, 0.6) is 0 Å². The molecule has 0 saturated heterocycles. The summed E-state index contributed by atoms with van der Waals surface area (Å²) >= 11 is 0. The van der Waals surface area contributed by atoms with Gasteiger partial charge in [0.25, 0.3) is 0 Å². The van der Waals surface area contributed by atoms with E-state index < -0.39 is 5.41 Å². The molecule has 15 heavy (non-hydrogen) atoms. The van der Waals surface area contributed by atoms with Gasteiger partial charge in [-0.1, -0.05) is 6.07 Å². The number of aryl methyl sites for hydroxylation is 1. The number of rotatable bonds is 3. The van der Waals surface area contributed by atoms with E-state index in [1.165, 1.54) is 0 Å². The first-order valence-corrected chi connectivity index (χ1v) is 4.90. The molecule has 0 radical (unpaired) electrons. The number of carbonyl (C=O) groups is 1. The maximum absolute atomic E-state index is 11.7. The van der Waals surface area contributed by atoms with Gasteiger partial charge < -0.3 is 11.1 Å². The lowest BCUT2D eigenvalue weighted by atomic mass is 9.93. The maximum atomic E-state index is 11.7. The molecule has 4 nitrogen and oxygen atoms in total. The van der Waals surface area contributed by atoms with Gasteiger partial charge in [-0.3, -0.25) is 4.79 Å². The second-order valence-electron chi connectivity index (χ2n) is 4.26. The third-order valence-electron chi connectivity index (χ3n) is 2.28. The van der Waals surface area contributed by atoms with Crippen molar-refractivity contribution in [3.63, 3.8) is 0 Å². The number of anilines is 1. The van der Waals surface area contributed by atoms with E-state index in [0.717, 1.165) is 5.56 Å². The largest absolute Gasteiger partial charge is 0.329 e. The van der Waals surface area contributed by atoms with Crippen molar-refractivity contribution in [2.45, 2.75) is 20.8 Å². The predicted molar refractivity (Wildman–Crippen MR) is 60.4 cm³/mol. The maximum Gasteiger partial charge on any atom is 0.232 e. The van der Waals surface area contributed by atoms with Gasteiger partial charge in [0.05, 0.1) is 5.41 Å². The van der Waals surface area contributed by atoms with Gasteiger partial charge in [-0.15, -0.1) is 0 Å². The van der Waals surface area contributed by atoms with Crippen LogP contribution >= 0.6 is 0 Å². The highest BCUT2D eigenvalue weighted by Crippen LogP contribution is 2.15. The first-order chi connectivity index (χ1) is 6.95. The molecule has 0 aliphatic rings. The van der Waals surface area contributed by atoms with E-state index >= 15 is 0 Å². The fourth-order valence-electron chi connectivity index (χ4n) is 0.920. The molecular formula is C11H17N3O. The Kier molecular flexibility index (Phi) is 3.42. The van der Waals surface area contributed by atoms with Crippen molar-refractivity contribution in [2.24, 2.45) is 11.1 Å². The molecule has 1 heterocycles. The second-order valence-corrected chi connectivity index (χ2v) is 4.26. The van der Waals surface area contributed by atoms with Crippen LogP contribution in [0.2, 0.25) is 0 Å². The van der Waals surface area contributed by atoms with E-state index in [0.29, 0.717) is 12.4 Å². The fraction of sp³-hybridized carbons (Fsp3) is 0.455. The summed E-state index contributed by atoms with van der Waals surface area (Å²) in [6, 6.07) is 3.68. The van der Waals surface area contributed by atoms with Crippen molar-refractivity contribution in [3.05, 3.63) is 23.9 Å². The Bertz CT molecular complexity index is 343. The quantitative estimate of drug-likeness (QED) is 0.785. The SMILES string of the molecule is Cc1ccc(NC(=O)C(C)(C)CN)nc1. The molecule has 3 N–H and O–H groups in total. The van der Waals surface area contributed by atoms with E-state index in [1.807, 2.05) is 13.0 Å². The molecule has 0 aliphatic carbocycles. The zero-order valence-electron chi connectivity index (χ0n) is 9.37. The minimum Gasteiger partial charge on any atom is -0.329 e. The molecule has 0 bridgehead atoms. The molecule has 0 aliphatic heterocycles. The molecule has 0 aromatic carbocycles. The number of carbonyl (C=O) groups excluding carboxylic acids is 1. The summed E-state index contributed by atoms with van der Waals surface area (Å²) in [4.78, 5) is 15.8. The summed E-state index contributed by atoms with van der Waals surface area (Å²) in [5, 5.41) is 2.73. The van der Waals surface area contributed by atoms with Crippen molar-refractivity contribution in [2.75, 3.05) is 11.9 Å². The van der Waals surface area contributed by atoms with Crippen LogP contribution in [-0.4, -0.2) is 17.4 Å². The van der Waals surface area contributed by atoms with Crippen LogP contribution in [-0.2, 0) is 4.79 Å². The molecule has 1 amide bonds. The molecule has 0 fully saturated rings. The average molecular weight is 207 g/mol. The van der Waals surface area contributed by atoms with E-state index in [-0.39, 0.29) is 5.91 Å². The number of pyridine rings is 1. The summed E-state index contributed by atoms with van der Waals surface area (Å²) in [7, 11) is 0. The summed E-state index contributed by atoms with van der Waals surface area (Å²) in [6.07, 6.45) is 1.71. The molecule has 0 saturated carbocycles. The Morgan fingerprint density at radius 3 is 2.67 bits per heavy atom. The normalized spacial score (nSPS) is 11.2. The number of nitrogens with zero attached hydrogens (tertiary/aromatic N) is 1. The lowest BCUT2D eigenvalue weighted by Gasteiger charge is -2.20. The number of nitrogens with one attached hydrogen (secondary N) is 1. The predicted octanol–water partition coefficient (Wildman–Crippen LogP) is 1.31. The third-order valence-corrected chi connectivity index (χ3v) is 2.28. The van der Waals surface area contributed by atoms with Gasteiger partial charge in [-0.05, 0) is 32.4 Å². The lowest BCUT2D eigenvalue weighted by molar-refractivity contribution is -0.123. The van der Waals surface area contributed by atoms with Gasteiger partial charge in [0.1, 0.15) is 5.82 Å². The first kappa shape index (κ1) is 11.7. The zero-order chi connectivity index (χ0) is 11.5. The highest BCUT2D eigenvalue weighted by molar-refractivity contribution is 5.94. The number of nitrogens with two attached hydrogens (primary N) is 1. The van der Waals surface area contributed by atoms with E-state index in [1.54, 1.807) is 26.1 Å². The van der Waals surface area contributed by atoms with Crippen molar-refractivity contribution in [3.8, 4) is 0 Å². The monoisotopic (exact) mass is 207 g/mol. The van der Waals surface area contributed by atoms with Gasteiger partial charge in [0.15, 0.2) is 0 Å². The second kappa shape index (κ2) is 4.40. The van der Waals surface area contributed by atoms with Crippen LogP contribution in [0.1, 0.15) is 19.4 Å². The van der Waals surface area contributed by atoms with Crippen LogP contribution in [0, 0.1) is 12.3 Å². The zero-order valence-corrected chi connectivity index (χ0v) is 9.37. The molecule has 4 heteroatoms. The summed E-state index contributed by atoms with van der Waals surface area (Å²) in [5.41, 5.74) is 6.00. The molecule has 82 valence electrons. The van der Waals surface area contributed by atoms with Gasteiger partial charge >= 0.3 is 0 Å². The van der Waals surface area contributed by atoms with Crippen molar-refractivity contribution >= 4 is 11.7 Å². The van der Waals surface area contributed by atoms with Crippen molar-refractivity contribution in [1.82, 2.24) is 4.98 Å². The molecule has 0 spiro atoms. The van der Waals surface area contributed by atoms with Crippen LogP contribution < -0.4 is 11.1 Å². The summed E-state index contributed by atoms with van der Waals surface area (Å²) in [5.74, 6) is 0.452. The van der Waals surface area contributed by atoms with Crippen LogP contribution in [0.25, 0.3) is 0 Å². The Hall–Kier alpha value is -1.42. The number of hydrogen-bond donors (Lipinski definition) is 2. The van der Waals surface area contributed by atoms with E-state index in [4.69, 9.17) is 5.73 Å². The van der Waals surface area contributed by atoms with E-state index in [2.05, 4.69) is 10.3 Å². The Labute approximate surface area is 89.9 Å². The van der Waals surface area contributed by atoms with Gasteiger partial charge in [-0.2, -0.15) is 0 Å². The molecule has 1 aromatic heterocycles. The van der Waals surface area contributed by atoms with Gasteiger partial charge in [0.2, 0.25) is 5.91 Å². The summed E-state index contributed by atoms with van der Waals surface area (Å²) in [6.45, 7) is 5.86. The molecule has 1 aromatic rings. The Balaban J connectivity index is 2.71. The minimum atomic E-state index is -0.563. The number of amides is 1. The average Bonchev–Trinajstić information content (AvgIpc) is 2.21. The highest BCUT2D eigenvalue weighted by Gasteiger charge is 2.25. The van der Waals surface area contributed by atoms with Crippen LogP contribution in [0.15, 0.2) is 18.3 Å².